The highest BCUT2D eigenvalue weighted by Gasteiger charge is 2.18. The molecule has 6 nitrogen and oxygen atoms in total. The van der Waals surface area contributed by atoms with Crippen molar-refractivity contribution in [2.45, 2.75) is 13.3 Å². The van der Waals surface area contributed by atoms with Gasteiger partial charge in [0.2, 0.25) is 0 Å². The van der Waals surface area contributed by atoms with Crippen LogP contribution in [0.15, 0.2) is 6.33 Å². The molecule has 0 saturated carbocycles. The van der Waals surface area contributed by atoms with Crippen LogP contribution in [0.25, 0.3) is 10.2 Å². The van der Waals surface area contributed by atoms with E-state index in [9.17, 15) is 9.90 Å². The third kappa shape index (κ3) is 3.84. The minimum absolute atomic E-state index is 0.221. The van der Waals surface area contributed by atoms with Gasteiger partial charge in [0.25, 0.3) is 0 Å². The van der Waals surface area contributed by atoms with E-state index >= 15 is 0 Å². The minimum Gasteiger partial charge on any atom is -0.477 e. The summed E-state index contributed by atoms with van der Waals surface area (Å²) in [6.07, 6.45) is 2.25. The number of carboxylic acid groups (broad SMARTS) is 1. The lowest BCUT2D eigenvalue weighted by Crippen LogP contribution is -2.07. The Kier molecular flexibility index (Phi) is 5.77. The van der Waals surface area contributed by atoms with Crippen LogP contribution in [-0.4, -0.2) is 50.8 Å². The zero-order valence-corrected chi connectivity index (χ0v) is 13.3. The van der Waals surface area contributed by atoms with E-state index in [1.54, 1.807) is 18.7 Å². The molecule has 3 N–H and O–H groups in total. The van der Waals surface area contributed by atoms with Crippen LogP contribution in [0.4, 0.5) is 5.82 Å². The number of aliphatic hydroxyl groups excluding tert-OH is 1. The average Bonchev–Trinajstić information content (AvgIpc) is 2.81. The van der Waals surface area contributed by atoms with E-state index in [0.717, 1.165) is 29.9 Å². The largest absolute Gasteiger partial charge is 0.477 e. The lowest BCUT2D eigenvalue weighted by Gasteiger charge is -2.07. The molecule has 0 atom stereocenters. The Balaban J connectivity index is 2.08. The number of fused-ring (bicyclic) bond motifs is 1. The van der Waals surface area contributed by atoms with Gasteiger partial charge < -0.3 is 15.5 Å². The molecule has 2 rings (SSSR count). The van der Waals surface area contributed by atoms with Crippen LogP contribution >= 0.6 is 23.1 Å². The molecule has 0 spiro atoms. The fourth-order valence-corrected chi connectivity index (χ4v) is 3.69. The van der Waals surface area contributed by atoms with Gasteiger partial charge in [-0.2, -0.15) is 11.8 Å². The fourth-order valence-electron chi connectivity index (χ4n) is 1.92. The fraction of sp³-hybridized carbons (Fsp3) is 0.462. The highest BCUT2D eigenvalue weighted by atomic mass is 32.2. The van der Waals surface area contributed by atoms with Gasteiger partial charge in [0, 0.05) is 18.9 Å². The number of anilines is 1. The predicted octanol–water partition coefficient (Wildman–Crippen LogP) is 2.23. The van der Waals surface area contributed by atoms with Gasteiger partial charge in [0.1, 0.15) is 21.9 Å². The number of hydrogen-bond acceptors (Lipinski definition) is 7. The first-order valence-corrected chi connectivity index (χ1v) is 8.52. The zero-order chi connectivity index (χ0) is 15.2. The maximum atomic E-state index is 11.2. The maximum absolute atomic E-state index is 11.2. The molecule has 0 aliphatic rings. The zero-order valence-electron chi connectivity index (χ0n) is 11.6. The van der Waals surface area contributed by atoms with Gasteiger partial charge in [-0.15, -0.1) is 11.3 Å². The first kappa shape index (κ1) is 16.0. The quantitative estimate of drug-likeness (QED) is 0.640. The number of nitrogens with zero attached hydrogens (tertiary/aromatic N) is 2. The topological polar surface area (TPSA) is 95.3 Å². The van der Waals surface area contributed by atoms with Crippen LogP contribution in [0.1, 0.15) is 21.7 Å². The molecule has 114 valence electrons. The molecule has 0 bridgehead atoms. The molecule has 2 heterocycles. The molecule has 0 aliphatic carbocycles. The molecule has 0 amide bonds. The molecule has 0 aromatic carbocycles. The van der Waals surface area contributed by atoms with Crippen LogP contribution in [0.3, 0.4) is 0 Å². The Morgan fingerprint density at radius 1 is 1.43 bits per heavy atom. The summed E-state index contributed by atoms with van der Waals surface area (Å²) < 4.78 is 0. The predicted molar refractivity (Wildman–Crippen MR) is 86.6 cm³/mol. The number of thiophene rings is 1. The number of aromatic carboxylic acids is 1. The van der Waals surface area contributed by atoms with Crippen LogP contribution in [0.5, 0.6) is 0 Å². The number of carbonyl (C=O) groups is 1. The molecule has 0 saturated heterocycles. The molecule has 0 fully saturated rings. The van der Waals surface area contributed by atoms with Crippen molar-refractivity contribution in [1.29, 1.82) is 0 Å². The second kappa shape index (κ2) is 7.58. The Labute approximate surface area is 130 Å². The normalized spacial score (nSPS) is 11.0. The maximum Gasteiger partial charge on any atom is 0.346 e. The van der Waals surface area contributed by atoms with Crippen molar-refractivity contribution in [2.24, 2.45) is 0 Å². The highest BCUT2D eigenvalue weighted by molar-refractivity contribution is 7.99. The Bertz CT molecular complexity index is 630. The Morgan fingerprint density at radius 3 is 2.95 bits per heavy atom. The number of hydrogen-bond donors (Lipinski definition) is 3. The molecule has 2 aromatic heterocycles. The molecular weight excluding hydrogens is 310 g/mol. The third-order valence-electron chi connectivity index (χ3n) is 2.91. The van der Waals surface area contributed by atoms with Crippen LogP contribution < -0.4 is 5.32 Å². The van der Waals surface area contributed by atoms with Gasteiger partial charge in [0.15, 0.2) is 0 Å². The molecule has 21 heavy (non-hydrogen) atoms. The van der Waals surface area contributed by atoms with E-state index in [-0.39, 0.29) is 6.61 Å². The minimum atomic E-state index is -0.930. The second-order valence-corrected chi connectivity index (χ2v) is 6.60. The summed E-state index contributed by atoms with van der Waals surface area (Å²) in [6.45, 7) is 2.74. The summed E-state index contributed by atoms with van der Waals surface area (Å²) >= 11 is 2.93. The number of thioether (sulfide) groups is 1. The Morgan fingerprint density at radius 2 is 2.24 bits per heavy atom. The first-order valence-electron chi connectivity index (χ1n) is 6.55. The van der Waals surface area contributed by atoms with Crippen molar-refractivity contribution in [3.8, 4) is 0 Å². The number of aliphatic hydroxyl groups is 1. The van der Waals surface area contributed by atoms with Crippen molar-refractivity contribution < 1.29 is 15.0 Å². The highest BCUT2D eigenvalue weighted by Crippen LogP contribution is 2.33. The summed E-state index contributed by atoms with van der Waals surface area (Å²) in [5.74, 6) is 1.59. The van der Waals surface area contributed by atoms with Crippen LogP contribution in [0.2, 0.25) is 0 Å². The van der Waals surface area contributed by atoms with Crippen molar-refractivity contribution in [1.82, 2.24) is 9.97 Å². The molecule has 0 unspecified atom stereocenters. The van der Waals surface area contributed by atoms with Gasteiger partial charge in [0.05, 0.1) is 5.39 Å². The standard InChI is InChI=1S/C13H17N3O3S2/c1-8-9-11(14-3-6-20-5-2-4-17)15-7-16-12(9)21-10(8)13(18)19/h7,17H,2-6H2,1H3,(H,18,19)(H,14,15,16). The van der Waals surface area contributed by atoms with Crippen LogP contribution in [-0.2, 0) is 0 Å². The van der Waals surface area contributed by atoms with Crippen molar-refractivity contribution in [2.75, 3.05) is 30.0 Å². The molecule has 2 aromatic rings. The molecular formula is C13H17N3O3S2. The number of aromatic nitrogens is 2. The first-order chi connectivity index (χ1) is 10.1. The van der Waals surface area contributed by atoms with Crippen LogP contribution in [0, 0.1) is 6.92 Å². The second-order valence-electron chi connectivity index (χ2n) is 4.38. The summed E-state index contributed by atoms with van der Waals surface area (Å²) in [5, 5.41) is 21.9. The summed E-state index contributed by atoms with van der Waals surface area (Å²) in [4.78, 5) is 20.5. The monoisotopic (exact) mass is 327 g/mol. The number of rotatable bonds is 8. The van der Waals surface area contributed by atoms with Crippen molar-refractivity contribution in [3.05, 3.63) is 16.8 Å². The number of aryl methyl sites for hydroxylation is 1. The van der Waals surface area contributed by atoms with E-state index < -0.39 is 5.97 Å². The van der Waals surface area contributed by atoms with E-state index in [1.807, 2.05) is 0 Å². The summed E-state index contributed by atoms with van der Waals surface area (Å²) in [5.41, 5.74) is 0.707. The molecule has 0 aliphatic heterocycles. The van der Waals surface area contributed by atoms with Crippen molar-refractivity contribution in [3.63, 3.8) is 0 Å². The van der Waals surface area contributed by atoms with Crippen molar-refractivity contribution >= 4 is 45.1 Å². The van der Waals surface area contributed by atoms with Gasteiger partial charge >= 0.3 is 5.97 Å². The SMILES string of the molecule is Cc1c(C(=O)O)sc2ncnc(NCCSCCCO)c12. The summed E-state index contributed by atoms with van der Waals surface area (Å²) in [7, 11) is 0. The number of nitrogens with one attached hydrogen (secondary N) is 1. The smallest absolute Gasteiger partial charge is 0.346 e. The molecule has 0 radical (unpaired) electrons. The van der Waals surface area contributed by atoms with Gasteiger partial charge in [-0.05, 0) is 24.7 Å². The Hall–Kier alpha value is -1.38. The summed E-state index contributed by atoms with van der Waals surface area (Å²) in [6, 6.07) is 0. The van der Waals surface area contributed by atoms with E-state index in [2.05, 4.69) is 15.3 Å². The third-order valence-corrected chi connectivity index (χ3v) is 5.16. The van der Waals surface area contributed by atoms with E-state index in [0.29, 0.717) is 21.1 Å². The lowest BCUT2D eigenvalue weighted by atomic mass is 10.2. The van der Waals surface area contributed by atoms with Gasteiger partial charge in [-0.3, -0.25) is 0 Å². The van der Waals surface area contributed by atoms with E-state index in [1.165, 1.54) is 17.7 Å². The van der Waals surface area contributed by atoms with E-state index in [4.69, 9.17) is 5.11 Å². The number of carboxylic acids is 1. The average molecular weight is 327 g/mol. The van der Waals surface area contributed by atoms with Gasteiger partial charge in [-0.25, -0.2) is 14.8 Å². The van der Waals surface area contributed by atoms with Gasteiger partial charge in [-0.1, -0.05) is 0 Å². The molecule has 8 heteroatoms. The lowest BCUT2D eigenvalue weighted by molar-refractivity contribution is 0.0701.